The van der Waals surface area contributed by atoms with E-state index in [9.17, 15) is 5.11 Å². The summed E-state index contributed by atoms with van der Waals surface area (Å²) < 4.78 is 5.02. The number of hydrogen-bond acceptors (Lipinski definition) is 2. The minimum absolute atomic E-state index is 0.226. The van der Waals surface area contributed by atoms with E-state index in [4.69, 9.17) is 4.74 Å². The van der Waals surface area contributed by atoms with E-state index in [2.05, 4.69) is 0 Å². The third-order valence-electron chi connectivity index (χ3n) is 1.38. The van der Waals surface area contributed by atoms with E-state index in [-0.39, 0.29) is 6.10 Å². The van der Waals surface area contributed by atoms with Gasteiger partial charge in [0.2, 0.25) is 0 Å². The number of methoxy groups -OCH3 is 1. The summed E-state index contributed by atoms with van der Waals surface area (Å²) in [5.41, 5.74) is 0. The SMILES string of the molecule is CC=CC(O)C(C=CC)OC. The van der Waals surface area contributed by atoms with Gasteiger partial charge in [-0.05, 0) is 13.8 Å². The minimum Gasteiger partial charge on any atom is -0.386 e. The predicted octanol–water partition coefficient (Wildman–Crippen LogP) is 1.51. The maximum absolute atomic E-state index is 9.38. The maximum Gasteiger partial charge on any atom is 0.105 e. The second kappa shape index (κ2) is 6.13. The Hall–Kier alpha value is -0.600. The summed E-state index contributed by atoms with van der Waals surface area (Å²) >= 11 is 0. The molecule has 2 nitrogen and oxygen atoms in total. The zero-order chi connectivity index (χ0) is 8.69. The lowest BCUT2D eigenvalue weighted by Crippen LogP contribution is -2.23. The summed E-state index contributed by atoms with van der Waals surface area (Å²) in [5.74, 6) is 0. The number of ether oxygens (including phenoxy) is 1. The first-order valence-electron chi connectivity index (χ1n) is 3.72. The normalized spacial score (nSPS) is 17.8. The summed E-state index contributed by atoms with van der Waals surface area (Å²) in [6.07, 6.45) is 6.43. The van der Waals surface area contributed by atoms with Crippen molar-refractivity contribution in [3.63, 3.8) is 0 Å². The van der Waals surface area contributed by atoms with Gasteiger partial charge in [-0.25, -0.2) is 0 Å². The molecular weight excluding hydrogens is 140 g/mol. The standard InChI is InChI=1S/C9H16O2/c1-4-6-8(10)9(11-3)7-5-2/h4-10H,1-3H3. The van der Waals surface area contributed by atoms with Gasteiger partial charge < -0.3 is 9.84 Å². The van der Waals surface area contributed by atoms with E-state index in [1.807, 2.05) is 26.0 Å². The molecule has 0 spiro atoms. The van der Waals surface area contributed by atoms with Gasteiger partial charge in [-0.3, -0.25) is 0 Å². The van der Waals surface area contributed by atoms with Crippen molar-refractivity contribution >= 4 is 0 Å². The van der Waals surface area contributed by atoms with Crippen molar-refractivity contribution in [2.45, 2.75) is 26.1 Å². The van der Waals surface area contributed by atoms with Gasteiger partial charge >= 0.3 is 0 Å². The lowest BCUT2D eigenvalue weighted by atomic mass is 10.2. The Labute approximate surface area is 68.2 Å². The average molecular weight is 156 g/mol. The second-order valence-electron chi connectivity index (χ2n) is 2.24. The highest BCUT2D eigenvalue weighted by atomic mass is 16.5. The molecule has 0 bridgehead atoms. The van der Waals surface area contributed by atoms with E-state index >= 15 is 0 Å². The molecule has 0 radical (unpaired) electrons. The number of hydrogen-bond donors (Lipinski definition) is 1. The molecule has 0 aromatic rings. The molecule has 0 amide bonds. The van der Waals surface area contributed by atoms with Crippen LogP contribution in [-0.2, 0) is 4.74 Å². The Kier molecular flexibility index (Phi) is 5.80. The summed E-state index contributed by atoms with van der Waals surface area (Å²) in [6, 6.07) is 0. The van der Waals surface area contributed by atoms with E-state index < -0.39 is 6.10 Å². The molecule has 0 aromatic carbocycles. The molecule has 0 saturated heterocycles. The largest absolute Gasteiger partial charge is 0.386 e. The summed E-state index contributed by atoms with van der Waals surface area (Å²) in [5, 5.41) is 9.38. The van der Waals surface area contributed by atoms with Gasteiger partial charge in [-0.2, -0.15) is 0 Å². The maximum atomic E-state index is 9.38. The summed E-state index contributed by atoms with van der Waals surface area (Å²) in [7, 11) is 1.58. The molecule has 0 saturated carbocycles. The van der Waals surface area contributed by atoms with Crippen molar-refractivity contribution in [2.75, 3.05) is 7.11 Å². The lowest BCUT2D eigenvalue weighted by molar-refractivity contribution is 0.0427. The average Bonchev–Trinajstić information content (AvgIpc) is 2.00. The molecule has 11 heavy (non-hydrogen) atoms. The Balaban J connectivity index is 4.01. The summed E-state index contributed by atoms with van der Waals surface area (Å²) in [4.78, 5) is 0. The zero-order valence-electron chi connectivity index (χ0n) is 7.32. The van der Waals surface area contributed by atoms with Crippen LogP contribution in [0.2, 0.25) is 0 Å². The van der Waals surface area contributed by atoms with Crippen LogP contribution >= 0.6 is 0 Å². The fourth-order valence-electron chi connectivity index (χ4n) is 0.828. The van der Waals surface area contributed by atoms with Gasteiger partial charge in [-0.15, -0.1) is 0 Å². The highest BCUT2D eigenvalue weighted by Crippen LogP contribution is 2.01. The van der Waals surface area contributed by atoms with Gasteiger partial charge in [-0.1, -0.05) is 24.3 Å². The molecule has 2 heteroatoms. The van der Waals surface area contributed by atoms with Gasteiger partial charge in [0.1, 0.15) is 12.2 Å². The van der Waals surface area contributed by atoms with Crippen molar-refractivity contribution in [1.29, 1.82) is 0 Å². The van der Waals surface area contributed by atoms with Gasteiger partial charge in [0.15, 0.2) is 0 Å². The first-order chi connectivity index (χ1) is 5.26. The minimum atomic E-state index is -0.541. The molecule has 2 atom stereocenters. The monoisotopic (exact) mass is 156 g/mol. The van der Waals surface area contributed by atoms with Crippen LogP contribution in [0.25, 0.3) is 0 Å². The fourth-order valence-corrected chi connectivity index (χ4v) is 0.828. The van der Waals surface area contributed by atoms with Gasteiger partial charge in [0, 0.05) is 7.11 Å². The van der Waals surface area contributed by atoms with Crippen LogP contribution < -0.4 is 0 Å². The molecule has 0 fully saturated rings. The van der Waals surface area contributed by atoms with E-state index in [1.165, 1.54) is 0 Å². The third-order valence-corrected chi connectivity index (χ3v) is 1.38. The van der Waals surface area contributed by atoms with Gasteiger partial charge in [0.05, 0.1) is 0 Å². The third kappa shape index (κ3) is 3.96. The summed E-state index contributed by atoms with van der Waals surface area (Å²) in [6.45, 7) is 3.76. The van der Waals surface area contributed by atoms with E-state index in [1.54, 1.807) is 19.3 Å². The zero-order valence-corrected chi connectivity index (χ0v) is 7.32. The van der Waals surface area contributed by atoms with Crippen LogP contribution in [0.4, 0.5) is 0 Å². The molecule has 2 unspecified atom stereocenters. The molecule has 64 valence electrons. The van der Waals surface area contributed by atoms with Crippen molar-refractivity contribution in [1.82, 2.24) is 0 Å². The van der Waals surface area contributed by atoms with E-state index in [0.29, 0.717) is 0 Å². The van der Waals surface area contributed by atoms with Crippen LogP contribution in [0.15, 0.2) is 24.3 Å². The van der Waals surface area contributed by atoms with Crippen LogP contribution in [0, 0.1) is 0 Å². The molecule has 1 N–H and O–H groups in total. The fraction of sp³-hybridized carbons (Fsp3) is 0.556. The van der Waals surface area contributed by atoms with Crippen molar-refractivity contribution < 1.29 is 9.84 Å². The Morgan fingerprint density at radius 2 is 1.73 bits per heavy atom. The number of aliphatic hydroxyl groups is 1. The van der Waals surface area contributed by atoms with Gasteiger partial charge in [0.25, 0.3) is 0 Å². The highest BCUT2D eigenvalue weighted by Gasteiger charge is 2.10. The first kappa shape index (κ1) is 10.4. The Bertz CT molecular complexity index is 138. The molecule has 0 rings (SSSR count). The first-order valence-corrected chi connectivity index (χ1v) is 3.72. The van der Waals surface area contributed by atoms with Crippen LogP contribution in [0.5, 0.6) is 0 Å². The van der Waals surface area contributed by atoms with E-state index in [0.717, 1.165) is 0 Å². The number of rotatable bonds is 4. The molecule has 0 aliphatic carbocycles. The molecular formula is C9H16O2. The Morgan fingerprint density at radius 1 is 1.18 bits per heavy atom. The molecule has 0 aromatic heterocycles. The molecule has 0 heterocycles. The van der Waals surface area contributed by atoms with Crippen LogP contribution in [0.1, 0.15) is 13.8 Å². The van der Waals surface area contributed by atoms with Crippen molar-refractivity contribution in [3.05, 3.63) is 24.3 Å². The molecule has 0 aliphatic heterocycles. The Morgan fingerprint density at radius 3 is 2.09 bits per heavy atom. The number of allylic oxidation sites excluding steroid dienone is 2. The van der Waals surface area contributed by atoms with Crippen molar-refractivity contribution in [3.8, 4) is 0 Å². The topological polar surface area (TPSA) is 29.5 Å². The lowest BCUT2D eigenvalue weighted by Gasteiger charge is -2.14. The van der Waals surface area contributed by atoms with Crippen LogP contribution in [0.3, 0.4) is 0 Å². The quantitative estimate of drug-likeness (QED) is 0.625. The van der Waals surface area contributed by atoms with Crippen molar-refractivity contribution in [2.24, 2.45) is 0 Å². The number of aliphatic hydroxyl groups excluding tert-OH is 1. The highest BCUT2D eigenvalue weighted by molar-refractivity contribution is 4.99. The second-order valence-corrected chi connectivity index (χ2v) is 2.24. The smallest absolute Gasteiger partial charge is 0.105 e. The van der Waals surface area contributed by atoms with Crippen LogP contribution in [-0.4, -0.2) is 24.4 Å². The molecule has 0 aliphatic rings. The predicted molar refractivity (Wildman–Crippen MR) is 46.4 cm³/mol.